The minimum Gasteiger partial charge on any atom is -0.343 e. The molecule has 1 fully saturated rings. The molecule has 7 nitrogen and oxygen atoms in total. The van der Waals surface area contributed by atoms with Crippen molar-refractivity contribution in [2.24, 2.45) is 0 Å². The maximum Gasteiger partial charge on any atom is 0.222 e. The number of carbonyl (C=O) groups is 2. The smallest absolute Gasteiger partial charge is 0.222 e. The van der Waals surface area contributed by atoms with Crippen LogP contribution in [0.15, 0.2) is 0 Å². The quantitative estimate of drug-likeness (QED) is 0.541. The van der Waals surface area contributed by atoms with Gasteiger partial charge in [0.05, 0.1) is 5.75 Å². The van der Waals surface area contributed by atoms with E-state index in [-0.39, 0.29) is 23.6 Å². The van der Waals surface area contributed by atoms with E-state index >= 15 is 0 Å². The second-order valence-corrected chi connectivity index (χ2v) is 9.20. The van der Waals surface area contributed by atoms with Gasteiger partial charge >= 0.3 is 0 Å². The summed E-state index contributed by atoms with van der Waals surface area (Å²) in [6.07, 6.45) is 5.15. The summed E-state index contributed by atoms with van der Waals surface area (Å²) in [6.45, 7) is 8.67. The average molecular weight is 404 g/mol. The SMILES string of the molecule is CCCN(CCC)C(=O)CCCC(=O)N1CCC(NS(=O)(=O)CCC)CC1. The second-order valence-electron chi connectivity index (χ2n) is 7.33. The van der Waals surface area contributed by atoms with Gasteiger partial charge in [-0.2, -0.15) is 0 Å². The lowest BCUT2D eigenvalue weighted by atomic mass is 10.1. The van der Waals surface area contributed by atoms with Crippen molar-refractivity contribution in [2.45, 2.75) is 78.2 Å². The third-order valence-electron chi connectivity index (χ3n) is 4.79. The number of hydrogen-bond acceptors (Lipinski definition) is 4. The van der Waals surface area contributed by atoms with Crippen LogP contribution >= 0.6 is 0 Å². The fourth-order valence-electron chi connectivity index (χ4n) is 3.44. The molecule has 27 heavy (non-hydrogen) atoms. The van der Waals surface area contributed by atoms with Crippen LogP contribution in [0.3, 0.4) is 0 Å². The highest BCUT2D eigenvalue weighted by atomic mass is 32.2. The van der Waals surface area contributed by atoms with Crippen molar-refractivity contribution in [3.05, 3.63) is 0 Å². The molecule has 0 aromatic rings. The summed E-state index contributed by atoms with van der Waals surface area (Å²) in [5, 5.41) is 0. The summed E-state index contributed by atoms with van der Waals surface area (Å²) in [4.78, 5) is 28.3. The maximum absolute atomic E-state index is 12.4. The molecule has 0 bridgehead atoms. The van der Waals surface area contributed by atoms with E-state index in [1.165, 1.54) is 0 Å². The molecule has 0 radical (unpaired) electrons. The second kappa shape index (κ2) is 12.3. The molecule has 0 saturated carbocycles. The normalized spacial score (nSPS) is 15.7. The van der Waals surface area contributed by atoms with Gasteiger partial charge in [-0.1, -0.05) is 20.8 Å². The van der Waals surface area contributed by atoms with Crippen LogP contribution in [0.5, 0.6) is 0 Å². The lowest BCUT2D eigenvalue weighted by Gasteiger charge is -2.32. The minimum absolute atomic E-state index is 0.0650. The molecule has 0 atom stereocenters. The number of hydrogen-bond donors (Lipinski definition) is 1. The van der Waals surface area contributed by atoms with Crippen molar-refractivity contribution in [1.82, 2.24) is 14.5 Å². The first kappa shape index (κ1) is 23.9. The van der Waals surface area contributed by atoms with Gasteiger partial charge in [0.2, 0.25) is 21.8 Å². The predicted octanol–water partition coefficient (Wildman–Crippen LogP) is 2.13. The van der Waals surface area contributed by atoms with Crippen LogP contribution < -0.4 is 4.72 Å². The molecule has 1 heterocycles. The molecule has 0 spiro atoms. The van der Waals surface area contributed by atoms with Crippen LogP contribution in [0.25, 0.3) is 0 Å². The zero-order valence-corrected chi connectivity index (χ0v) is 18.0. The number of piperidine rings is 1. The van der Waals surface area contributed by atoms with Gasteiger partial charge < -0.3 is 9.80 Å². The van der Waals surface area contributed by atoms with Crippen LogP contribution in [-0.4, -0.2) is 68.0 Å². The summed E-state index contributed by atoms with van der Waals surface area (Å²) < 4.78 is 26.4. The van der Waals surface area contributed by atoms with Gasteiger partial charge in [0, 0.05) is 45.1 Å². The number of nitrogens with zero attached hydrogens (tertiary/aromatic N) is 2. The molecule has 158 valence electrons. The Kier molecular flexibility index (Phi) is 10.9. The predicted molar refractivity (Wildman–Crippen MR) is 108 cm³/mol. The van der Waals surface area contributed by atoms with Crippen molar-refractivity contribution in [3.63, 3.8) is 0 Å². The first-order valence-electron chi connectivity index (χ1n) is 10.4. The monoisotopic (exact) mass is 403 g/mol. The molecule has 1 rings (SSSR count). The molecular formula is C19H37N3O4S. The number of carbonyl (C=O) groups excluding carboxylic acids is 2. The number of likely N-dealkylation sites (tertiary alicyclic amines) is 1. The Balaban J connectivity index is 2.32. The molecule has 0 aromatic heterocycles. The third-order valence-corrected chi connectivity index (χ3v) is 6.43. The molecule has 2 amide bonds. The van der Waals surface area contributed by atoms with Crippen molar-refractivity contribution in [2.75, 3.05) is 31.9 Å². The molecule has 0 aromatic carbocycles. The van der Waals surface area contributed by atoms with Gasteiger partial charge in [-0.15, -0.1) is 0 Å². The molecule has 1 aliphatic rings. The van der Waals surface area contributed by atoms with E-state index in [2.05, 4.69) is 18.6 Å². The van der Waals surface area contributed by atoms with Crippen LogP contribution in [0, 0.1) is 0 Å². The van der Waals surface area contributed by atoms with E-state index < -0.39 is 10.0 Å². The minimum atomic E-state index is -3.21. The topological polar surface area (TPSA) is 86.8 Å². The van der Waals surface area contributed by atoms with Crippen molar-refractivity contribution in [1.29, 1.82) is 0 Å². The van der Waals surface area contributed by atoms with E-state index in [1.54, 1.807) is 4.90 Å². The van der Waals surface area contributed by atoms with Gasteiger partial charge in [0.1, 0.15) is 0 Å². The average Bonchev–Trinajstić information content (AvgIpc) is 2.61. The molecule has 1 N–H and O–H groups in total. The molecule has 0 aliphatic carbocycles. The number of amides is 2. The highest BCUT2D eigenvalue weighted by Crippen LogP contribution is 2.14. The van der Waals surface area contributed by atoms with Crippen LogP contribution in [0.1, 0.15) is 72.1 Å². The standard InChI is InChI=1S/C19H37N3O4S/c1-4-12-21(13-5-2)18(23)8-7-9-19(24)22-14-10-17(11-15-22)20-27(25,26)16-6-3/h17,20H,4-16H2,1-3H3. The largest absolute Gasteiger partial charge is 0.343 e. The highest BCUT2D eigenvalue weighted by molar-refractivity contribution is 7.89. The zero-order valence-electron chi connectivity index (χ0n) is 17.2. The summed E-state index contributed by atoms with van der Waals surface area (Å²) >= 11 is 0. The van der Waals surface area contributed by atoms with Crippen molar-refractivity contribution in [3.8, 4) is 0 Å². The van der Waals surface area contributed by atoms with Crippen LogP contribution in [0.2, 0.25) is 0 Å². The maximum atomic E-state index is 12.4. The molecule has 1 saturated heterocycles. The first-order chi connectivity index (χ1) is 12.8. The Morgan fingerprint density at radius 3 is 2.11 bits per heavy atom. The van der Waals surface area contributed by atoms with E-state index in [9.17, 15) is 18.0 Å². The fourth-order valence-corrected chi connectivity index (χ4v) is 4.84. The summed E-state index contributed by atoms with van der Waals surface area (Å²) in [7, 11) is -3.21. The third kappa shape index (κ3) is 9.06. The lowest BCUT2D eigenvalue weighted by Crippen LogP contribution is -2.47. The zero-order chi connectivity index (χ0) is 20.3. The van der Waals surface area contributed by atoms with Crippen LogP contribution in [-0.2, 0) is 19.6 Å². The number of rotatable bonds is 12. The Labute approximate surface area is 164 Å². The summed E-state index contributed by atoms with van der Waals surface area (Å²) in [5.41, 5.74) is 0. The van der Waals surface area contributed by atoms with Crippen LogP contribution in [0.4, 0.5) is 0 Å². The summed E-state index contributed by atoms with van der Waals surface area (Å²) in [6, 6.07) is -0.0798. The first-order valence-corrected chi connectivity index (χ1v) is 12.0. The van der Waals surface area contributed by atoms with E-state index in [4.69, 9.17) is 0 Å². The lowest BCUT2D eigenvalue weighted by molar-refractivity contribution is -0.133. The van der Waals surface area contributed by atoms with Crippen molar-refractivity contribution < 1.29 is 18.0 Å². The fraction of sp³-hybridized carbons (Fsp3) is 0.895. The molecular weight excluding hydrogens is 366 g/mol. The van der Waals surface area contributed by atoms with Gasteiger partial charge in [-0.3, -0.25) is 9.59 Å². The van der Waals surface area contributed by atoms with Gasteiger partial charge in [-0.05, 0) is 38.5 Å². The highest BCUT2D eigenvalue weighted by Gasteiger charge is 2.25. The number of sulfonamides is 1. The van der Waals surface area contributed by atoms with Gasteiger partial charge in [0.25, 0.3) is 0 Å². The molecule has 8 heteroatoms. The van der Waals surface area contributed by atoms with E-state index in [0.29, 0.717) is 51.6 Å². The number of nitrogens with one attached hydrogen (secondary N) is 1. The van der Waals surface area contributed by atoms with Gasteiger partial charge in [0.15, 0.2) is 0 Å². The van der Waals surface area contributed by atoms with E-state index in [0.717, 1.165) is 25.9 Å². The Hall–Kier alpha value is -1.15. The Bertz CT molecular complexity index is 551. The summed E-state index contributed by atoms with van der Waals surface area (Å²) in [5.74, 6) is 0.346. The van der Waals surface area contributed by atoms with Crippen molar-refractivity contribution >= 4 is 21.8 Å². The van der Waals surface area contributed by atoms with E-state index in [1.807, 2.05) is 11.8 Å². The van der Waals surface area contributed by atoms with Gasteiger partial charge in [-0.25, -0.2) is 13.1 Å². The Morgan fingerprint density at radius 2 is 1.59 bits per heavy atom. The Morgan fingerprint density at radius 1 is 1.00 bits per heavy atom. The molecule has 0 unspecified atom stereocenters. The molecule has 1 aliphatic heterocycles.